The van der Waals surface area contributed by atoms with Gasteiger partial charge in [-0.2, -0.15) is 4.31 Å². The summed E-state index contributed by atoms with van der Waals surface area (Å²) in [6.07, 6.45) is 11.0. The molecule has 0 saturated carbocycles. The summed E-state index contributed by atoms with van der Waals surface area (Å²) in [7, 11) is -3.30. The molecule has 4 rings (SSSR count). The summed E-state index contributed by atoms with van der Waals surface area (Å²) in [6, 6.07) is 0. The summed E-state index contributed by atoms with van der Waals surface area (Å²) in [6.45, 7) is 1.64. The molecule has 2 aliphatic rings. The molecule has 2 aromatic rings. The third kappa shape index (κ3) is 3.50. The summed E-state index contributed by atoms with van der Waals surface area (Å²) in [5.41, 5.74) is 1.92. The number of fused-ring (bicyclic) bond motifs is 2. The topological polar surface area (TPSA) is 81.2 Å². The minimum Gasteiger partial charge on any atom is -0.361 e. The smallest absolute Gasteiger partial charge is 0.211 e. The average molecular weight is 364 g/mol. The van der Waals surface area contributed by atoms with Gasteiger partial charge in [-0.05, 0) is 31.6 Å². The number of hydrogen-bond acceptors (Lipinski definition) is 5. The van der Waals surface area contributed by atoms with Gasteiger partial charge < -0.3 is 9.09 Å². The maximum Gasteiger partial charge on any atom is 0.211 e. The maximum absolute atomic E-state index is 12.3. The molecule has 0 fully saturated rings. The van der Waals surface area contributed by atoms with E-state index in [1.54, 1.807) is 4.31 Å². The number of nitrogens with zero attached hydrogens (tertiary/aromatic N) is 4. The molecule has 3 heterocycles. The van der Waals surface area contributed by atoms with Gasteiger partial charge in [-0.3, -0.25) is 0 Å². The van der Waals surface area contributed by atoms with E-state index in [2.05, 4.69) is 14.7 Å². The second kappa shape index (κ2) is 6.57. The second-order valence-corrected chi connectivity index (χ2v) is 9.18. The minimum atomic E-state index is -3.30. The first-order valence-electron chi connectivity index (χ1n) is 8.92. The lowest BCUT2D eigenvalue weighted by Gasteiger charge is -2.29. The van der Waals surface area contributed by atoms with E-state index in [1.807, 2.05) is 12.4 Å². The number of sulfonamides is 1. The molecule has 0 aromatic carbocycles. The Kier molecular flexibility index (Phi) is 4.41. The molecule has 1 atom stereocenters. The molecule has 0 saturated heterocycles. The zero-order chi connectivity index (χ0) is 17.4. The van der Waals surface area contributed by atoms with Crippen LogP contribution < -0.4 is 0 Å². The molecular weight excluding hydrogens is 340 g/mol. The Labute approximate surface area is 148 Å². The second-order valence-electron chi connectivity index (χ2n) is 7.19. The summed E-state index contributed by atoms with van der Waals surface area (Å²) in [5, 5.41) is 4.18. The Morgan fingerprint density at radius 2 is 2.16 bits per heavy atom. The van der Waals surface area contributed by atoms with Crippen LogP contribution in [0.5, 0.6) is 0 Å². The van der Waals surface area contributed by atoms with Gasteiger partial charge in [0.1, 0.15) is 17.3 Å². The highest BCUT2D eigenvalue weighted by Gasteiger charge is 2.28. The van der Waals surface area contributed by atoms with Gasteiger partial charge in [0.2, 0.25) is 10.0 Å². The van der Waals surface area contributed by atoms with Gasteiger partial charge in [0.15, 0.2) is 0 Å². The van der Waals surface area contributed by atoms with Gasteiger partial charge in [0.05, 0.1) is 12.8 Å². The summed E-state index contributed by atoms with van der Waals surface area (Å²) in [5.74, 6) is 2.32. The fourth-order valence-corrected chi connectivity index (χ4v) is 4.77. The van der Waals surface area contributed by atoms with Crippen LogP contribution in [0.15, 0.2) is 16.9 Å². The highest BCUT2D eigenvalue weighted by molar-refractivity contribution is 7.88. The van der Waals surface area contributed by atoms with Crippen LogP contribution in [0.2, 0.25) is 0 Å². The SMILES string of the molecule is CS(=O)(=O)N(Cc1noc2c1CCCC2)C[C@H]1CCc2nccn2C1. The quantitative estimate of drug-likeness (QED) is 0.808. The molecule has 1 aliphatic carbocycles. The van der Waals surface area contributed by atoms with Gasteiger partial charge in [-0.25, -0.2) is 13.4 Å². The average Bonchev–Trinajstić information content (AvgIpc) is 3.20. The lowest BCUT2D eigenvalue weighted by Crippen LogP contribution is -2.37. The number of rotatable bonds is 5. The van der Waals surface area contributed by atoms with Gasteiger partial charge in [-0.15, -0.1) is 0 Å². The molecule has 0 radical (unpaired) electrons. The summed E-state index contributed by atoms with van der Waals surface area (Å²) in [4.78, 5) is 4.34. The molecular formula is C17H24N4O3S. The molecule has 0 spiro atoms. The van der Waals surface area contributed by atoms with Crippen molar-refractivity contribution in [3.63, 3.8) is 0 Å². The number of aryl methyl sites for hydroxylation is 2. The lowest BCUT2D eigenvalue weighted by molar-refractivity contribution is 0.273. The first-order valence-corrected chi connectivity index (χ1v) is 10.8. The zero-order valence-electron chi connectivity index (χ0n) is 14.5. The predicted molar refractivity (Wildman–Crippen MR) is 92.4 cm³/mol. The molecule has 1 aliphatic heterocycles. The fraction of sp³-hybridized carbons (Fsp3) is 0.647. The molecule has 136 valence electrons. The largest absolute Gasteiger partial charge is 0.361 e. The van der Waals surface area contributed by atoms with Crippen LogP contribution in [0.1, 0.15) is 42.1 Å². The Morgan fingerprint density at radius 1 is 1.32 bits per heavy atom. The van der Waals surface area contributed by atoms with Crippen LogP contribution in [-0.4, -0.2) is 40.2 Å². The van der Waals surface area contributed by atoms with Crippen LogP contribution >= 0.6 is 0 Å². The van der Waals surface area contributed by atoms with E-state index in [0.29, 0.717) is 19.0 Å². The number of aromatic nitrogens is 3. The highest BCUT2D eigenvalue weighted by atomic mass is 32.2. The van der Waals surface area contributed by atoms with Crippen molar-refractivity contribution in [2.24, 2.45) is 5.92 Å². The number of imidazole rings is 1. The fourth-order valence-electron chi connectivity index (χ4n) is 3.93. The van der Waals surface area contributed by atoms with Crippen LogP contribution in [0.3, 0.4) is 0 Å². The monoisotopic (exact) mass is 364 g/mol. The summed E-state index contributed by atoms with van der Waals surface area (Å²) < 4.78 is 33.8. The van der Waals surface area contributed by atoms with Crippen LogP contribution in [0.4, 0.5) is 0 Å². The molecule has 25 heavy (non-hydrogen) atoms. The molecule has 8 heteroatoms. The van der Waals surface area contributed by atoms with Crippen molar-refractivity contribution >= 4 is 10.0 Å². The van der Waals surface area contributed by atoms with Gasteiger partial charge in [-0.1, -0.05) is 5.16 Å². The van der Waals surface area contributed by atoms with Crippen molar-refractivity contribution in [3.8, 4) is 0 Å². The molecule has 0 unspecified atom stereocenters. The minimum absolute atomic E-state index is 0.291. The first kappa shape index (κ1) is 16.8. The molecule has 2 aromatic heterocycles. The Bertz CT molecular complexity index is 855. The van der Waals surface area contributed by atoms with E-state index < -0.39 is 10.0 Å². The summed E-state index contributed by atoms with van der Waals surface area (Å²) >= 11 is 0. The van der Waals surface area contributed by atoms with E-state index >= 15 is 0 Å². The molecule has 0 bridgehead atoms. The van der Waals surface area contributed by atoms with E-state index in [1.165, 1.54) is 6.26 Å². The molecule has 7 nitrogen and oxygen atoms in total. The highest BCUT2D eigenvalue weighted by Crippen LogP contribution is 2.27. The van der Waals surface area contributed by atoms with Crippen molar-refractivity contribution in [3.05, 3.63) is 35.2 Å². The van der Waals surface area contributed by atoms with Gasteiger partial charge >= 0.3 is 0 Å². The van der Waals surface area contributed by atoms with Crippen LogP contribution in [-0.2, 0) is 42.4 Å². The Balaban J connectivity index is 1.51. The standard InChI is InChI=1S/C17H24N4O3S/c1-25(22,23)21(11-13-6-7-17-18-8-9-20(17)10-13)12-15-14-4-2-3-5-16(14)24-19-15/h8-9,13H,2-7,10-12H2,1H3/t13-/m0/s1. The van der Waals surface area contributed by atoms with Crippen molar-refractivity contribution < 1.29 is 12.9 Å². The van der Waals surface area contributed by atoms with Crippen LogP contribution in [0, 0.1) is 5.92 Å². The third-order valence-corrected chi connectivity index (χ3v) is 6.54. The van der Waals surface area contributed by atoms with Crippen LogP contribution in [0.25, 0.3) is 0 Å². The number of hydrogen-bond donors (Lipinski definition) is 0. The van der Waals surface area contributed by atoms with E-state index in [4.69, 9.17) is 4.52 Å². The van der Waals surface area contributed by atoms with Gasteiger partial charge in [0, 0.05) is 43.9 Å². The van der Waals surface area contributed by atoms with Crippen molar-refractivity contribution in [1.82, 2.24) is 19.0 Å². The molecule has 0 amide bonds. The predicted octanol–water partition coefficient (Wildman–Crippen LogP) is 1.77. The third-order valence-electron chi connectivity index (χ3n) is 5.32. The van der Waals surface area contributed by atoms with Crippen molar-refractivity contribution in [2.75, 3.05) is 12.8 Å². The lowest BCUT2D eigenvalue weighted by atomic mass is 9.96. The van der Waals surface area contributed by atoms with Crippen molar-refractivity contribution in [1.29, 1.82) is 0 Å². The maximum atomic E-state index is 12.3. The van der Waals surface area contributed by atoms with E-state index in [9.17, 15) is 8.42 Å². The van der Waals surface area contributed by atoms with Crippen molar-refractivity contribution in [2.45, 2.75) is 51.6 Å². The van der Waals surface area contributed by atoms with E-state index in [-0.39, 0.29) is 0 Å². The van der Waals surface area contributed by atoms with E-state index in [0.717, 1.165) is 67.9 Å². The normalized spacial score (nSPS) is 20.5. The Hall–Kier alpha value is -1.67. The zero-order valence-corrected chi connectivity index (χ0v) is 15.3. The van der Waals surface area contributed by atoms with Gasteiger partial charge in [0.25, 0.3) is 0 Å². The Morgan fingerprint density at radius 3 is 3.00 bits per heavy atom. The first-order chi connectivity index (χ1) is 12.0. The molecule has 0 N–H and O–H groups in total.